The normalized spacial score (nSPS) is 29.1. The minimum Gasteiger partial charge on any atom is -0.469 e. The molecular formula is C25H33ClN2O2. The van der Waals surface area contributed by atoms with Gasteiger partial charge in [-0.1, -0.05) is 42.0 Å². The van der Waals surface area contributed by atoms with Crippen molar-refractivity contribution >= 4 is 11.6 Å². The van der Waals surface area contributed by atoms with Gasteiger partial charge in [0.1, 0.15) is 5.76 Å². The zero-order valence-corrected chi connectivity index (χ0v) is 18.7. The number of rotatable bonds is 5. The van der Waals surface area contributed by atoms with Crippen LogP contribution in [-0.4, -0.2) is 60.3 Å². The fraction of sp³-hybridized carbons (Fsp3) is 0.520. The Bertz CT molecular complexity index is 845. The lowest BCUT2D eigenvalue weighted by Crippen LogP contribution is -2.53. The Labute approximate surface area is 185 Å². The van der Waals surface area contributed by atoms with Crippen molar-refractivity contribution in [1.82, 2.24) is 9.80 Å². The van der Waals surface area contributed by atoms with E-state index in [0.717, 1.165) is 68.9 Å². The highest BCUT2D eigenvalue weighted by atomic mass is 35.5. The standard InChI is InChI=1S/C25H33ClN2O2/c1-19-7-5-9-21(18-28-14-12-27(2)13-15-28)25(29,24(19)23-11-6-16-30-23)17-20-8-3-4-10-22(20)26/h3-4,6,8,10-11,16,21,24,29H,1,5,7,9,12-15,17-18H2,2H3. The van der Waals surface area contributed by atoms with Gasteiger partial charge in [-0.15, -0.1) is 0 Å². The summed E-state index contributed by atoms with van der Waals surface area (Å²) in [5.41, 5.74) is 1.04. The molecule has 1 saturated carbocycles. The van der Waals surface area contributed by atoms with E-state index in [1.807, 2.05) is 36.4 Å². The Morgan fingerprint density at radius 1 is 1.17 bits per heavy atom. The Morgan fingerprint density at radius 3 is 2.63 bits per heavy atom. The third-order valence-corrected chi connectivity index (χ3v) is 7.37. The molecule has 4 nitrogen and oxygen atoms in total. The Hall–Kier alpha value is -1.59. The van der Waals surface area contributed by atoms with Crippen LogP contribution in [0.5, 0.6) is 0 Å². The summed E-state index contributed by atoms with van der Waals surface area (Å²) in [6, 6.07) is 11.7. The van der Waals surface area contributed by atoms with Gasteiger partial charge < -0.3 is 19.3 Å². The van der Waals surface area contributed by atoms with Crippen molar-refractivity contribution in [3.8, 4) is 0 Å². The Balaban J connectivity index is 1.70. The highest BCUT2D eigenvalue weighted by Crippen LogP contribution is 2.48. The molecule has 1 N–H and O–H groups in total. The van der Waals surface area contributed by atoms with Crippen molar-refractivity contribution in [1.29, 1.82) is 0 Å². The highest BCUT2D eigenvalue weighted by Gasteiger charge is 2.49. The summed E-state index contributed by atoms with van der Waals surface area (Å²) in [6.45, 7) is 9.51. The van der Waals surface area contributed by atoms with Gasteiger partial charge in [0, 0.05) is 50.1 Å². The molecule has 1 aliphatic heterocycles. The van der Waals surface area contributed by atoms with Gasteiger partial charge in [0.15, 0.2) is 0 Å². The molecular weight excluding hydrogens is 396 g/mol. The van der Waals surface area contributed by atoms with E-state index >= 15 is 0 Å². The maximum Gasteiger partial charge on any atom is 0.113 e. The van der Waals surface area contributed by atoms with Crippen LogP contribution in [0.3, 0.4) is 0 Å². The van der Waals surface area contributed by atoms with Crippen molar-refractivity contribution in [3.63, 3.8) is 0 Å². The molecule has 2 aromatic rings. The summed E-state index contributed by atoms with van der Waals surface area (Å²) < 4.78 is 5.84. The van der Waals surface area contributed by atoms with Crippen LogP contribution < -0.4 is 0 Å². The number of piperazine rings is 1. The maximum atomic E-state index is 12.5. The summed E-state index contributed by atoms with van der Waals surface area (Å²) in [4.78, 5) is 4.88. The van der Waals surface area contributed by atoms with Crippen LogP contribution in [0.25, 0.3) is 0 Å². The lowest BCUT2D eigenvalue weighted by atomic mass is 9.69. The molecule has 162 valence electrons. The first-order chi connectivity index (χ1) is 14.5. The average Bonchev–Trinajstić information content (AvgIpc) is 3.21. The van der Waals surface area contributed by atoms with Crippen molar-refractivity contribution in [3.05, 3.63) is 71.2 Å². The zero-order valence-electron chi connectivity index (χ0n) is 17.9. The van der Waals surface area contributed by atoms with E-state index in [1.54, 1.807) is 6.26 Å². The van der Waals surface area contributed by atoms with Crippen LogP contribution in [0.2, 0.25) is 5.02 Å². The molecule has 2 heterocycles. The molecule has 3 unspecified atom stereocenters. The molecule has 1 aliphatic carbocycles. The highest BCUT2D eigenvalue weighted by molar-refractivity contribution is 6.31. The predicted molar refractivity (Wildman–Crippen MR) is 122 cm³/mol. The summed E-state index contributed by atoms with van der Waals surface area (Å²) in [5, 5.41) is 13.2. The summed E-state index contributed by atoms with van der Waals surface area (Å²) in [5.74, 6) is 0.690. The van der Waals surface area contributed by atoms with Gasteiger partial charge in [0.05, 0.1) is 17.8 Å². The fourth-order valence-corrected chi connectivity index (χ4v) is 5.45. The van der Waals surface area contributed by atoms with Crippen LogP contribution in [0.1, 0.15) is 36.5 Å². The first-order valence-corrected chi connectivity index (χ1v) is 11.4. The predicted octanol–water partition coefficient (Wildman–Crippen LogP) is 4.59. The van der Waals surface area contributed by atoms with Crippen molar-refractivity contribution in [2.45, 2.75) is 37.2 Å². The molecule has 1 aromatic carbocycles. The topological polar surface area (TPSA) is 39.9 Å². The minimum absolute atomic E-state index is 0.117. The number of halogens is 1. The molecule has 0 bridgehead atoms. The third-order valence-electron chi connectivity index (χ3n) is 7.00. The van der Waals surface area contributed by atoms with Crippen LogP contribution in [0.4, 0.5) is 0 Å². The van der Waals surface area contributed by atoms with E-state index in [2.05, 4.69) is 23.4 Å². The van der Waals surface area contributed by atoms with E-state index in [-0.39, 0.29) is 11.8 Å². The van der Waals surface area contributed by atoms with Crippen LogP contribution >= 0.6 is 11.6 Å². The lowest BCUT2D eigenvalue weighted by molar-refractivity contribution is -0.0521. The molecule has 3 atom stereocenters. The molecule has 30 heavy (non-hydrogen) atoms. The van der Waals surface area contributed by atoms with Gasteiger partial charge in [0.2, 0.25) is 0 Å². The van der Waals surface area contributed by atoms with Crippen LogP contribution in [0, 0.1) is 5.92 Å². The van der Waals surface area contributed by atoms with Crippen molar-refractivity contribution in [2.75, 3.05) is 39.8 Å². The molecule has 2 aliphatic rings. The summed E-state index contributed by atoms with van der Waals surface area (Å²) in [6.07, 6.45) is 5.12. The maximum absolute atomic E-state index is 12.5. The number of hydrogen-bond acceptors (Lipinski definition) is 4. The van der Waals surface area contributed by atoms with Crippen LogP contribution in [-0.2, 0) is 6.42 Å². The molecule has 5 heteroatoms. The lowest BCUT2D eigenvalue weighted by Gasteiger charge is -2.44. The zero-order chi connectivity index (χ0) is 21.1. The SMILES string of the molecule is C=C1CCCC(CN2CCN(C)CC2)C(O)(Cc2ccccc2Cl)C1c1ccco1. The number of nitrogens with zero attached hydrogens (tertiary/aromatic N) is 2. The summed E-state index contributed by atoms with van der Waals surface area (Å²) in [7, 11) is 2.17. The molecule has 0 spiro atoms. The Kier molecular flexibility index (Phi) is 6.69. The first kappa shape index (κ1) is 21.6. The minimum atomic E-state index is -1.00. The number of furan rings is 1. The van der Waals surface area contributed by atoms with Crippen molar-refractivity contribution < 1.29 is 9.52 Å². The smallest absolute Gasteiger partial charge is 0.113 e. The van der Waals surface area contributed by atoms with Gasteiger partial charge in [-0.3, -0.25) is 0 Å². The molecule has 4 rings (SSSR count). The second-order valence-corrected chi connectivity index (χ2v) is 9.47. The molecule has 1 aromatic heterocycles. The average molecular weight is 429 g/mol. The van der Waals surface area contributed by atoms with Gasteiger partial charge >= 0.3 is 0 Å². The van der Waals surface area contributed by atoms with E-state index in [0.29, 0.717) is 11.4 Å². The summed E-state index contributed by atoms with van der Waals surface area (Å²) >= 11 is 6.54. The monoisotopic (exact) mass is 428 g/mol. The number of aliphatic hydroxyl groups is 1. The fourth-order valence-electron chi connectivity index (χ4n) is 5.25. The van der Waals surface area contributed by atoms with Gasteiger partial charge in [-0.05, 0) is 50.1 Å². The second-order valence-electron chi connectivity index (χ2n) is 9.06. The second kappa shape index (κ2) is 9.27. The van der Waals surface area contributed by atoms with Gasteiger partial charge in [-0.2, -0.15) is 0 Å². The first-order valence-electron chi connectivity index (χ1n) is 11.0. The molecule has 2 fully saturated rings. The molecule has 1 saturated heterocycles. The van der Waals surface area contributed by atoms with E-state index in [9.17, 15) is 5.11 Å². The largest absolute Gasteiger partial charge is 0.469 e. The third kappa shape index (κ3) is 4.52. The quantitative estimate of drug-likeness (QED) is 0.558. The number of benzene rings is 1. The van der Waals surface area contributed by atoms with Gasteiger partial charge in [0.25, 0.3) is 0 Å². The van der Waals surface area contributed by atoms with E-state index in [1.165, 1.54) is 0 Å². The van der Waals surface area contributed by atoms with Crippen LogP contribution in [0.15, 0.2) is 59.2 Å². The number of hydrogen-bond donors (Lipinski definition) is 1. The Morgan fingerprint density at radius 2 is 1.93 bits per heavy atom. The molecule has 0 radical (unpaired) electrons. The number of likely N-dealkylation sites (N-methyl/N-ethyl adjacent to an activating group) is 1. The van der Waals surface area contributed by atoms with E-state index < -0.39 is 5.60 Å². The van der Waals surface area contributed by atoms with E-state index in [4.69, 9.17) is 16.0 Å². The van der Waals surface area contributed by atoms with Gasteiger partial charge in [-0.25, -0.2) is 0 Å². The van der Waals surface area contributed by atoms with Crippen molar-refractivity contribution in [2.24, 2.45) is 5.92 Å². The molecule has 0 amide bonds.